The third-order valence-electron chi connectivity index (χ3n) is 5.40. The molecule has 3 aliphatic rings. The van der Waals surface area contributed by atoms with Crippen molar-refractivity contribution in [1.29, 1.82) is 0 Å². The quantitative estimate of drug-likeness (QED) is 0.350. The number of aryl methyl sites for hydroxylation is 1. The average molecular weight is 745 g/mol. The molecule has 4 nitrogen and oxygen atoms in total. The summed E-state index contributed by atoms with van der Waals surface area (Å²) >= 11 is 7.11. The molecule has 3 fully saturated rings. The molecular formula is C18H24I2N4Pt. The number of hydrogen-bond donors (Lipinski definition) is 1. The molecule has 2 bridgehead atoms. The summed E-state index contributed by atoms with van der Waals surface area (Å²) in [4.78, 5) is 4.40. The fourth-order valence-corrected chi connectivity index (χ4v) is 5.67. The van der Waals surface area contributed by atoms with E-state index in [4.69, 9.17) is 0 Å². The van der Waals surface area contributed by atoms with Gasteiger partial charge in [-0.15, -0.1) is 0 Å². The molecule has 2 aromatic rings. The van der Waals surface area contributed by atoms with Crippen molar-refractivity contribution >= 4 is 45.7 Å². The van der Waals surface area contributed by atoms with Crippen molar-refractivity contribution in [3.05, 3.63) is 45.5 Å². The van der Waals surface area contributed by atoms with Crippen molar-refractivity contribution in [2.75, 3.05) is 0 Å². The summed E-state index contributed by atoms with van der Waals surface area (Å²) in [5.74, 6) is 2.09. The molecule has 1 aromatic carbocycles. The number of aromatic nitrogens is 3. The van der Waals surface area contributed by atoms with Gasteiger partial charge in [0.25, 0.3) is 0 Å². The van der Waals surface area contributed by atoms with Gasteiger partial charge in [0, 0.05) is 51.3 Å². The van der Waals surface area contributed by atoms with Gasteiger partial charge >= 0.3 is 93.1 Å². The second kappa shape index (κ2) is 9.11. The van der Waals surface area contributed by atoms with Crippen LogP contribution in [0.15, 0.2) is 30.3 Å². The minimum Gasteiger partial charge on any atom is -0.182 e. The van der Waals surface area contributed by atoms with Crippen LogP contribution in [0.5, 0.6) is 0 Å². The Hall–Kier alpha value is 0.468. The number of hydrogen-bond acceptors (Lipinski definition) is 2. The molecular weight excluding hydrogens is 721 g/mol. The Morgan fingerprint density at radius 1 is 1.20 bits per heavy atom. The number of halogens is 2. The number of nitrogens with one attached hydrogen (secondary N) is 1. The van der Waals surface area contributed by atoms with Crippen molar-refractivity contribution in [2.24, 2.45) is 13.0 Å². The maximum atomic E-state index is 4.40. The van der Waals surface area contributed by atoms with E-state index in [1.807, 2.05) is 29.9 Å². The van der Waals surface area contributed by atoms with Crippen molar-refractivity contribution in [1.82, 2.24) is 16.1 Å². The largest absolute Gasteiger partial charge is 0.182 e. The molecule has 0 amide bonds. The summed E-state index contributed by atoms with van der Waals surface area (Å²) in [6, 6.07) is 10.3. The van der Waals surface area contributed by atoms with E-state index < -0.39 is 0 Å². The minimum absolute atomic E-state index is 0.593. The monoisotopic (exact) mass is 745 g/mol. The molecule has 25 heavy (non-hydrogen) atoms. The predicted molar refractivity (Wildman–Crippen MR) is 114 cm³/mol. The molecule has 0 radical (unpaired) electrons. The van der Waals surface area contributed by atoms with Gasteiger partial charge in [0.1, 0.15) is 0 Å². The number of aromatic amines is 1. The molecule has 0 aliphatic heterocycles. The van der Waals surface area contributed by atoms with Crippen LogP contribution in [-0.4, -0.2) is 21.6 Å². The van der Waals surface area contributed by atoms with Crippen molar-refractivity contribution < 1.29 is 19.4 Å². The topological polar surface area (TPSA) is 36.9 Å². The smallest absolute Gasteiger partial charge is 0.0408 e. The Morgan fingerprint density at radius 3 is 2.24 bits per heavy atom. The SMILES string of the molecule is Cn1[nH]c(Cc2ccccc2)n[c]1=[Pt].IN(I)C12CCC(CC1)CC2. The molecule has 0 unspecified atom stereocenters. The molecule has 140 valence electrons. The molecule has 1 N–H and O–H groups in total. The van der Waals surface area contributed by atoms with Gasteiger partial charge in [0.2, 0.25) is 0 Å². The van der Waals surface area contributed by atoms with E-state index in [0.717, 1.165) is 22.0 Å². The van der Waals surface area contributed by atoms with E-state index in [0.29, 0.717) is 5.54 Å². The van der Waals surface area contributed by atoms with Gasteiger partial charge in [-0.1, -0.05) is 0 Å². The van der Waals surface area contributed by atoms with Crippen LogP contribution in [0.1, 0.15) is 49.9 Å². The summed E-state index contributed by atoms with van der Waals surface area (Å²) in [7, 11) is 1.96. The van der Waals surface area contributed by atoms with Gasteiger partial charge in [-0.05, 0) is 44.4 Å². The zero-order valence-electron chi connectivity index (χ0n) is 14.3. The van der Waals surface area contributed by atoms with Gasteiger partial charge < -0.3 is 0 Å². The van der Waals surface area contributed by atoms with Gasteiger partial charge in [-0.2, -0.15) is 1.33 Å². The predicted octanol–water partition coefficient (Wildman–Crippen LogP) is 5.13. The zero-order valence-corrected chi connectivity index (χ0v) is 20.9. The molecule has 0 atom stereocenters. The van der Waals surface area contributed by atoms with Crippen LogP contribution in [0.3, 0.4) is 0 Å². The third-order valence-corrected chi connectivity index (χ3v) is 8.46. The van der Waals surface area contributed by atoms with E-state index in [-0.39, 0.29) is 0 Å². The Balaban J connectivity index is 0.000000150. The molecule has 3 saturated carbocycles. The number of fused-ring (bicyclic) bond motifs is 3. The van der Waals surface area contributed by atoms with Crippen molar-refractivity contribution in [3.63, 3.8) is 0 Å². The van der Waals surface area contributed by atoms with E-state index in [1.165, 1.54) is 44.1 Å². The fraction of sp³-hybridized carbons (Fsp3) is 0.556. The normalized spacial score (nSPS) is 25.0. The van der Waals surface area contributed by atoms with Gasteiger partial charge in [-0.25, -0.2) is 0 Å². The maximum Gasteiger partial charge on any atom is 0.0408 e. The first kappa shape index (κ1) is 20.2. The minimum atomic E-state index is 0.593. The van der Waals surface area contributed by atoms with Gasteiger partial charge in [0.05, 0.1) is 0 Å². The molecule has 1 aromatic heterocycles. The van der Waals surface area contributed by atoms with E-state index >= 15 is 0 Å². The van der Waals surface area contributed by atoms with Crippen LogP contribution in [0.2, 0.25) is 0 Å². The first-order valence-corrected chi connectivity index (χ1v) is 11.8. The molecule has 0 spiro atoms. The standard InChI is InChI=1S/C10H11N3.C8H13I2N.Pt/c1-13-8-11-10(12-13)7-9-5-3-2-4-6-9;9-11(10)8-4-1-7(2-5-8)3-6-8;/h2-6H,7H2,1H3,(H,11,12);7H,1-6H2;. The van der Waals surface area contributed by atoms with Crippen LogP contribution < -0.4 is 0 Å². The first-order chi connectivity index (χ1) is 12.0. The van der Waals surface area contributed by atoms with Crippen LogP contribution in [-0.2, 0) is 32.8 Å². The summed E-state index contributed by atoms with van der Waals surface area (Å²) in [5.41, 5.74) is 1.87. The molecule has 1 heterocycles. The summed E-state index contributed by atoms with van der Waals surface area (Å²) < 4.78 is 5.31. The van der Waals surface area contributed by atoms with Gasteiger partial charge in [0.15, 0.2) is 0 Å². The third kappa shape index (κ3) is 5.26. The van der Waals surface area contributed by atoms with Crippen LogP contribution in [0, 0.1) is 9.72 Å². The number of nitrogens with zero attached hydrogens (tertiary/aromatic N) is 3. The maximum absolute atomic E-state index is 4.40. The number of H-pyrrole nitrogens is 1. The summed E-state index contributed by atoms with van der Waals surface area (Å²) in [5, 5.41) is 3.19. The summed E-state index contributed by atoms with van der Waals surface area (Å²) in [6.07, 6.45) is 9.67. The molecule has 7 heteroatoms. The van der Waals surface area contributed by atoms with Crippen LogP contribution in [0.25, 0.3) is 0 Å². The molecule has 0 saturated heterocycles. The second-order valence-corrected chi connectivity index (χ2v) is 11.9. The fourth-order valence-electron chi connectivity index (χ4n) is 3.79. The van der Waals surface area contributed by atoms with Crippen LogP contribution >= 0.6 is 45.7 Å². The molecule has 3 aliphatic carbocycles. The van der Waals surface area contributed by atoms with Crippen LogP contribution in [0.4, 0.5) is 0 Å². The second-order valence-electron chi connectivity index (χ2n) is 7.07. The van der Waals surface area contributed by atoms with E-state index in [9.17, 15) is 0 Å². The number of rotatable bonds is 3. The van der Waals surface area contributed by atoms with E-state index in [2.05, 4.69) is 88.6 Å². The van der Waals surface area contributed by atoms with Crippen molar-refractivity contribution in [3.8, 4) is 0 Å². The Labute approximate surface area is 188 Å². The van der Waals surface area contributed by atoms with Gasteiger partial charge in [-0.3, -0.25) is 0 Å². The first-order valence-electron chi connectivity index (χ1n) is 8.71. The summed E-state index contributed by atoms with van der Waals surface area (Å²) in [6.45, 7) is 0. The van der Waals surface area contributed by atoms with Crippen molar-refractivity contribution in [2.45, 2.75) is 50.5 Å². The average Bonchev–Trinajstić information content (AvgIpc) is 2.95. The molecule has 5 rings (SSSR count). The Bertz CT molecular complexity index is 719. The Kier molecular flexibility index (Phi) is 7.36. The Morgan fingerprint density at radius 2 is 1.80 bits per heavy atom. The van der Waals surface area contributed by atoms with E-state index in [1.54, 1.807) is 0 Å². The number of benzene rings is 1. The zero-order chi connectivity index (χ0) is 17.9.